The molecular weight excluding hydrogens is 407 g/mol. The van der Waals surface area contributed by atoms with E-state index in [1.807, 2.05) is 0 Å². The first-order valence-electron chi connectivity index (χ1n) is 8.55. The maximum atomic E-state index is 13.2. The number of morpholine rings is 1. The molecule has 0 aliphatic carbocycles. The highest BCUT2D eigenvalue weighted by molar-refractivity contribution is 7.91. The summed E-state index contributed by atoms with van der Waals surface area (Å²) in [6, 6.07) is 11.4. The van der Waals surface area contributed by atoms with Crippen LogP contribution in [0, 0.1) is 5.82 Å². The average molecular weight is 423 g/mol. The Morgan fingerprint density at radius 2 is 1.64 bits per heavy atom. The molecule has 4 rings (SSSR count). The molecule has 146 valence electrons. The molecule has 0 radical (unpaired) electrons. The molecule has 1 aliphatic heterocycles. The third kappa shape index (κ3) is 3.63. The van der Waals surface area contributed by atoms with Crippen LogP contribution in [-0.4, -0.2) is 39.7 Å². The van der Waals surface area contributed by atoms with Gasteiger partial charge in [-0.25, -0.2) is 12.8 Å². The fourth-order valence-corrected chi connectivity index (χ4v) is 4.33. The molecular formula is C19H16ClFN2O4S. The third-order valence-corrected chi connectivity index (χ3v) is 6.27. The van der Waals surface area contributed by atoms with Crippen molar-refractivity contribution in [3.63, 3.8) is 0 Å². The van der Waals surface area contributed by atoms with Gasteiger partial charge in [0.15, 0.2) is 0 Å². The standard InChI is InChI=1S/C19H16ClFN2O4S/c20-14-3-7-16(8-4-14)28(24,25)18-19(23-9-11-26-12-10-23)27-17(22-18)13-1-5-15(21)6-2-13/h1-8H,9-12H2. The molecule has 28 heavy (non-hydrogen) atoms. The van der Waals surface area contributed by atoms with Crippen molar-refractivity contribution >= 4 is 27.3 Å². The number of aromatic nitrogens is 1. The highest BCUT2D eigenvalue weighted by Crippen LogP contribution is 2.35. The summed E-state index contributed by atoms with van der Waals surface area (Å²) in [6.45, 7) is 1.85. The SMILES string of the molecule is O=S(=O)(c1ccc(Cl)cc1)c1nc(-c2ccc(F)cc2)oc1N1CCOCC1. The van der Waals surface area contributed by atoms with Crippen LogP contribution < -0.4 is 4.90 Å². The summed E-state index contributed by atoms with van der Waals surface area (Å²) in [5, 5.41) is 0.246. The second-order valence-corrected chi connectivity index (χ2v) is 8.49. The first-order chi connectivity index (χ1) is 13.4. The van der Waals surface area contributed by atoms with Crippen molar-refractivity contribution in [1.82, 2.24) is 4.98 Å². The van der Waals surface area contributed by atoms with Gasteiger partial charge in [0.05, 0.1) is 18.1 Å². The van der Waals surface area contributed by atoms with Gasteiger partial charge in [-0.05, 0) is 48.5 Å². The molecule has 0 saturated carbocycles. The topological polar surface area (TPSA) is 72.6 Å². The number of anilines is 1. The molecule has 2 aromatic carbocycles. The molecule has 9 heteroatoms. The van der Waals surface area contributed by atoms with Gasteiger partial charge in [0.1, 0.15) is 5.82 Å². The Hall–Kier alpha value is -2.42. The Bertz CT molecular complexity index is 1080. The van der Waals surface area contributed by atoms with E-state index in [0.29, 0.717) is 36.9 Å². The van der Waals surface area contributed by atoms with E-state index in [0.717, 1.165) is 0 Å². The third-order valence-electron chi connectivity index (χ3n) is 4.35. The van der Waals surface area contributed by atoms with Gasteiger partial charge in [-0.2, -0.15) is 4.98 Å². The molecule has 1 aliphatic rings. The normalized spacial score (nSPS) is 15.0. The van der Waals surface area contributed by atoms with Crippen molar-refractivity contribution in [2.75, 3.05) is 31.2 Å². The van der Waals surface area contributed by atoms with Crippen LogP contribution in [0.4, 0.5) is 10.3 Å². The fraction of sp³-hybridized carbons (Fsp3) is 0.211. The van der Waals surface area contributed by atoms with Gasteiger partial charge >= 0.3 is 0 Å². The molecule has 6 nitrogen and oxygen atoms in total. The smallest absolute Gasteiger partial charge is 0.236 e. The minimum Gasteiger partial charge on any atom is -0.419 e. The number of sulfone groups is 1. The number of halogens is 2. The monoisotopic (exact) mass is 422 g/mol. The predicted molar refractivity (Wildman–Crippen MR) is 102 cm³/mol. The lowest BCUT2D eigenvalue weighted by Crippen LogP contribution is -2.36. The summed E-state index contributed by atoms with van der Waals surface area (Å²) in [4.78, 5) is 6.11. The molecule has 0 unspecified atom stereocenters. The quantitative estimate of drug-likeness (QED) is 0.636. The summed E-state index contributed by atoms with van der Waals surface area (Å²) in [6.07, 6.45) is 0. The number of nitrogens with zero attached hydrogens (tertiary/aromatic N) is 2. The van der Waals surface area contributed by atoms with E-state index in [4.69, 9.17) is 20.8 Å². The second-order valence-electron chi connectivity index (χ2n) is 6.19. The maximum absolute atomic E-state index is 13.2. The van der Waals surface area contributed by atoms with E-state index in [9.17, 15) is 12.8 Å². The van der Waals surface area contributed by atoms with Gasteiger partial charge in [-0.3, -0.25) is 0 Å². The Balaban J connectivity index is 1.84. The van der Waals surface area contributed by atoms with E-state index < -0.39 is 15.7 Å². The number of hydrogen-bond acceptors (Lipinski definition) is 6. The number of benzene rings is 2. The van der Waals surface area contributed by atoms with E-state index in [1.165, 1.54) is 48.5 Å². The summed E-state index contributed by atoms with van der Waals surface area (Å²) in [7, 11) is -3.95. The molecule has 0 N–H and O–H groups in total. The highest BCUT2D eigenvalue weighted by Gasteiger charge is 2.32. The van der Waals surface area contributed by atoms with Crippen molar-refractivity contribution in [2.45, 2.75) is 9.92 Å². The largest absolute Gasteiger partial charge is 0.419 e. The van der Waals surface area contributed by atoms with E-state index in [-0.39, 0.29) is 21.7 Å². The number of rotatable bonds is 4. The Labute approximate surface area is 166 Å². The van der Waals surface area contributed by atoms with Gasteiger partial charge in [-0.15, -0.1) is 0 Å². The summed E-state index contributed by atoms with van der Waals surface area (Å²) in [5.74, 6) is -0.149. The van der Waals surface area contributed by atoms with Crippen molar-refractivity contribution in [2.24, 2.45) is 0 Å². The lowest BCUT2D eigenvalue weighted by molar-refractivity contribution is 0.120. The number of oxazole rings is 1. The number of hydrogen-bond donors (Lipinski definition) is 0. The molecule has 1 saturated heterocycles. The van der Waals surface area contributed by atoms with Crippen LogP contribution in [-0.2, 0) is 14.6 Å². The van der Waals surface area contributed by atoms with Gasteiger partial charge in [0.2, 0.25) is 26.6 Å². The van der Waals surface area contributed by atoms with Crippen molar-refractivity contribution < 1.29 is 22.0 Å². The van der Waals surface area contributed by atoms with Gasteiger partial charge in [0.25, 0.3) is 0 Å². The summed E-state index contributed by atoms with van der Waals surface area (Å²) < 4.78 is 50.9. The minimum absolute atomic E-state index is 0.0605. The van der Waals surface area contributed by atoms with Crippen LogP contribution in [0.3, 0.4) is 0 Å². The zero-order valence-corrected chi connectivity index (χ0v) is 16.2. The van der Waals surface area contributed by atoms with E-state index >= 15 is 0 Å². The van der Waals surface area contributed by atoms with Crippen LogP contribution in [0.1, 0.15) is 0 Å². The molecule has 1 fully saturated rings. The lowest BCUT2D eigenvalue weighted by atomic mass is 10.2. The zero-order chi connectivity index (χ0) is 19.7. The predicted octanol–water partition coefficient (Wildman–Crippen LogP) is 3.80. The molecule has 3 aromatic rings. The molecule has 1 aromatic heterocycles. The van der Waals surface area contributed by atoms with Gasteiger partial charge in [0, 0.05) is 23.7 Å². The molecule has 0 amide bonds. The van der Waals surface area contributed by atoms with Gasteiger partial charge < -0.3 is 14.1 Å². The Kier molecular flexibility index (Phi) is 5.09. The summed E-state index contributed by atoms with van der Waals surface area (Å²) >= 11 is 5.88. The van der Waals surface area contributed by atoms with Gasteiger partial charge in [-0.1, -0.05) is 11.6 Å². The Morgan fingerprint density at radius 3 is 2.29 bits per heavy atom. The molecule has 0 atom stereocenters. The van der Waals surface area contributed by atoms with Crippen LogP contribution in [0.5, 0.6) is 0 Å². The van der Waals surface area contributed by atoms with E-state index in [2.05, 4.69) is 4.98 Å². The molecule has 0 spiro atoms. The van der Waals surface area contributed by atoms with Crippen LogP contribution in [0.25, 0.3) is 11.5 Å². The second kappa shape index (κ2) is 7.54. The van der Waals surface area contributed by atoms with Crippen molar-refractivity contribution in [3.8, 4) is 11.5 Å². The first kappa shape index (κ1) is 18.9. The Morgan fingerprint density at radius 1 is 1.00 bits per heavy atom. The van der Waals surface area contributed by atoms with Crippen molar-refractivity contribution in [3.05, 3.63) is 59.4 Å². The zero-order valence-electron chi connectivity index (χ0n) is 14.6. The lowest BCUT2D eigenvalue weighted by Gasteiger charge is -2.26. The van der Waals surface area contributed by atoms with Crippen LogP contribution in [0.2, 0.25) is 5.02 Å². The fourth-order valence-electron chi connectivity index (χ4n) is 2.88. The summed E-state index contributed by atoms with van der Waals surface area (Å²) in [5.41, 5.74) is 0.480. The average Bonchev–Trinajstić information content (AvgIpc) is 3.16. The maximum Gasteiger partial charge on any atom is 0.236 e. The van der Waals surface area contributed by atoms with Crippen LogP contribution >= 0.6 is 11.6 Å². The van der Waals surface area contributed by atoms with Crippen LogP contribution in [0.15, 0.2) is 62.9 Å². The number of ether oxygens (including phenoxy) is 1. The minimum atomic E-state index is -3.95. The van der Waals surface area contributed by atoms with E-state index in [1.54, 1.807) is 4.90 Å². The first-order valence-corrected chi connectivity index (χ1v) is 10.4. The molecule has 2 heterocycles. The van der Waals surface area contributed by atoms with Crippen molar-refractivity contribution in [1.29, 1.82) is 0 Å². The molecule has 0 bridgehead atoms. The highest BCUT2D eigenvalue weighted by atomic mass is 35.5.